The number of nitrogens with zero attached hydrogens (tertiary/aromatic N) is 6. The number of rotatable bonds is 5. The van der Waals surface area contributed by atoms with Gasteiger partial charge in [-0.1, -0.05) is 66.7 Å². The van der Waals surface area contributed by atoms with E-state index in [0.717, 1.165) is 74.4 Å². The van der Waals surface area contributed by atoms with Crippen molar-refractivity contribution in [1.82, 2.24) is 29.1 Å². The van der Waals surface area contributed by atoms with Crippen molar-refractivity contribution in [3.05, 3.63) is 164 Å². The van der Waals surface area contributed by atoms with E-state index in [0.29, 0.717) is 0 Å². The highest BCUT2D eigenvalue weighted by atomic mass is 15.0. The number of pyridine rings is 4. The van der Waals surface area contributed by atoms with Crippen molar-refractivity contribution in [3.8, 4) is 28.3 Å². The van der Waals surface area contributed by atoms with Crippen LogP contribution < -0.4 is 0 Å². The maximum Gasteiger partial charge on any atom is 0.0893 e. The molecule has 0 amide bonds. The summed E-state index contributed by atoms with van der Waals surface area (Å²) in [6.07, 6.45) is 14.1. The first kappa shape index (κ1) is 28.4. The first-order valence-electron chi connectivity index (χ1n) is 16.9. The van der Waals surface area contributed by atoms with Crippen molar-refractivity contribution in [2.45, 2.75) is 12.8 Å². The summed E-state index contributed by atoms with van der Waals surface area (Å²) >= 11 is 0. The Morgan fingerprint density at radius 3 is 1.90 bits per heavy atom. The molecule has 3 aromatic carbocycles. The standard InChI is InChI=1S/C44H30N6/c1-3-16-41-33(10-1)35-22-24-46-28-44(35)50(41)32-9-5-8-30(26-32)38-13-7-15-40(48-38)39-14-6-12-37(47-39)29-18-20-31(21-19-29)49-42-17-4-2-11-34(42)36-27-45-25-23-43(36)49/h1-4,6-8,10-28H,5,9H2. The maximum atomic E-state index is 5.14. The lowest BCUT2D eigenvalue weighted by molar-refractivity contribution is 0.979. The molecule has 0 aliphatic heterocycles. The van der Waals surface area contributed by atoms with Gasteiger partial charge in [0.05, 0.1) is 51.0 Å². The molecular formula is C44H30N6. The molecule has 0 fully saturated rings. The van der Waals surface area contributed by atoms with Gasteiger partial charge in [0.1, 0.15) is 0 Å². The van der Waals surface area contributed by atoms with Gasteiger partial charge < -0.3 is 9.13 Å². The van der Waals surface area contributed by atoms with Crippen LogP contribution in [0.2, 0.25) is 0 Å². The summed E-state index contributed by atoms with van der Waals surface area (Å²) in [5.74, 6) is 0. The lowest BCUT2D eigenvalue weighted by Crippen LogP contribution is -2.02. The fraction of sp³-hybridized carbons (Fsp3) is 0.0455. The number of allylic oxidation sites excluding steroid dienone is 4. The quantitative estimate of drug-likeness (QED) is 0.187. The minimum atomic E-state index is 0.845. The lowest BCUT2D eigenvalue weighted by Gasteiger charge is -2.17. The van der Waals surface area contributed by atoms with Gasteiger partial charge in [0, 0.05) is 57.1 Å². The van der Waals surface area contributed by atoms with Crippen LogP contribution in [-0.4, -0.2) is 29.1 Å². The van der Waals surface area contributed by atoms with Gasteiger partial charge in [-0.3, -0.25) is 9.97 Å². The average molecular weight is 643 g/mol. The molecule has 1 aliphatic carbocycles. The summed E-state index contributed by atoms with van der Waals surface area (Å²) in [7, 11) is 0. The summed E-state index contributed by atoms with van der Waals surface area (Å²) in [4.78, 5) is 19.1. The predicted octanol–water partition coefficient (Wildman–Crippen LogP) is 10.5. The van der Waals surface area contributed by atoms with E-state index in [-0.39, 0.29) is 0 Å². The zero-order valence-electron chi connectivity index (χ0n) is 27.1. The van der Waals surface area contributed by atoms with Gasteiger partial charge in [-0.05, 0) is 85.2 Å². The maximum absolute atomic E-state index is 5.14. The topological polar surface area (TPSA) is 61.4 Å². The van der Waals surface area contributed by atoms with Gasteiger partial charge in [-0.15, -0.1) is 0 Å². The Labute approximate surface area is 288 Å². The van der Waals surface area contributed by atoms with Crippen LogP contribution in [0.3, 0.4) is 0 Å². The number of hydrogen-bond acceptors (Lipinski definition) is 4. The van der Waals surface area contributed by atoms with Crippen LogP contribution in [0.25, 0.3) is 83.2 Å². The van der Waals surface area contributed by atoms with Crippen molar-refractivity contribution >= 4 is 54.9 Å². The fourth-order valence-corrected chi connectivity index (χ4v) is 7.52. The monoisotopic (exact) mass is 642 g/mol. The second-order valence-electron chi connectivity index (χ2n) is 12.7. The highest BCUT2D eigenvalue weighted by Gasteiger charge is 2.17. The van der Waals surface area contributed by atoms with Crippen LogP contribution in [0.15, 0.2) is 158 Å². The minimum Gasteiger partial charge on any atom is -0.311 e. The third-order valence-corrected chi connectivity index (χ3v) is 9.80. The molecule has 6 aromatic heterocycles. The molecular weight excluding hydrogens is 613 g/mol. The molecule has 10 rings (SSSR count). The fourth-order valence-electron chi connectivity index (χ4n) is 7.52. The molecule has 0 N–H and O–H groups in total. The average Bonchev–Trinajstić information content (AvgIpc) is 3.71. The van der Waals surface area contributed by atoms with Crippen molar-refractivity contribution in [3.63, 3.8) is 0 Å². The first-order chi connectivity index (χ1) is 24.8. The smallest absolute Gasteiger partial charge is 0.0893 e. The molecule has 236 valence electrons. The van der Waals surface area contributed by atoms with E-state index in [2.05, 4.69) is 140 Å². The predicted molar refractivity (Wildman–Crippen MR) is 204 cm³/mol. The lowest BCUT2D eigenvalue weighted by atomic mass is 10.0. The molecule has 0 atom stereocenters. The number of benzene rings is 3. The van der Waals surface area contributed by atoms with Gasteiger partial charge >= 0.3 is 0 Å². The third-order valence-electron chi connectivity index (χ3n) is 9.80. The third kappa shape index (κ3) is 4.57. The normalized spacial score (nSPS) is 13.3. The molecule has 6 heterocycles. The molecule has 0 unspecified atom stereocenters. The Kier molecular flexibility index (Phi) is 6.52. The van der Waals surface area contributed by atoms with E-state index in [1.807, 2.05) is 36.9 Å². The van der Waals surface area contributed by atoms with Gasteiger partial charge in [0.2, 0.25) is 0 Å². The summed E-state index contributed by atoms with van der Waals surface area (Å²) in [6.45, 7) is 0. The molecule has 0 spiro atoms. The van der Waals surface area contributed by atoms with Gasteiger partial charge in [-0.25, -0.2) is 9.97 Å². The first-order valence-corrected chi connectivity index (χ1v) is 16.9. The molecule has 50 heavy (non-hydrogen) atoms. The molecule has 6 heteroatoms. The number of fused-ring (bicyclic) bond motifs is 6. The van der Waals surface area contributed by atoms with E-state index in [4.69, 9.17) is 9.97 Å². The summed E-state index contributed by atoms with van der Waals surface area (Å²) < 4.78 is 4.66. The zero-order valence-corrected chi connectivity index (χ0v) is 27.1. The van der Waals surface area contributed by atoms with E-state index in [9.17, 15) is 0 Å². The number of aromatic nitrogens is 6. The van der Waals surface area contributed by atoms with Crippen LogP contribution in [-0.2, 0) is 0 Å². The van der Waals surface area contributed by atoms with Gasteiger partial charge in [-0.2, -0.15) is 0 Å². The van der Waals surface area contributed by atoms with Crippen molar-refractivity contribution in [2.24, 2.45) is 0 Å². The highest BCUT2D eigenvalue weighted by molar-refractivity contribution is 6.10. The highest BCUT2D eigenvalue weighted by Crippen LogP contribution is 2.36. The van der Waals surface area contributed by atoms with Crippen LogP contribution in [0.4, 0.5) is 0 Å². The number of para-hydroxylation sites is 2. The van der Waals surface area contributed by atoms with Gasteiger partial charge in [0.25, 0.3) is 0 Å². The summed E-state index contributed by atoms with van der Waals surface area (Å²) in [5, 5.41) is 4.81. The van der Waals surface area contributed by atoms with Crippen LogP contribution in [0, 0.1) is 0 Å². The Morgan fingerprint density at radius 1 is 0.460 bits per heavy atom. The molecule has 0 radical (unpaired) electrons. The molecule has 0 bridgehead atoms. The van der Waals surface area contributed by atoms with Crippen molar-refractivity contribution in [1.29, 1.82) is 0 Å². The molecule has 0 saturated carbocycles. The van der Waals surface area contributed by atoms with E-state index in [1.165, 1.54) is 27.4 Å². The molecule has 6 nitrogen and oxygen atoms in total. The Balaban J connectivity index is 0.979. The second-order valence-corrected chi connectivity index (χ2v) is 12.7. The molecule has 9 aromatic rings. The molecule has 1 aliphatic rings. The Morgan fingerprint density at radius 2 is 1.08 bits per heavy atom. The minimum absolute atomic E-state index is 0.845. The van der Waals surface area contributed by atoms with Crippen LogP contribution in [0.5, 0.6) is 0 Å². The van der Waals surface area contributed by atoms with Crippen molar-refractivity contribution < 1.29 is 0 Å². The SMILES string of the molecule is C1=C(c2cccc(-c3cccc(-c4ccc(-n5c6ccccc6c6cnccc65)cc4)n3)n2)C=C(n2c3ccccc3c3ccncc32)CC1. The second kappa shape index (κ2) is 11.5. The summed E-state index contributed by atoms with van der Waals surface area (Å²) in [6, 6.07) is 42.3. The van der Waals surface area contributed by atoms with Gasteiger partial charge in [0.15, 0.2) is 0 Å². The zero-order chi connectivity index (χ0) is 33.0. The van der Waals surface area contributed by atoms with E-state index < -0.39 is 0 Å². The molecule has 0 saturated heterocycles. The van der Waals surface area contributed by atoms with Crippen LogP contribution in [0.1, 0.15) is 18.5 Å². The van der Waals surface area contributed by atoms with Crippen LogP contribution >= 0.6 is 0 Å². The van der Waals surface area contributed by atoms with Crippen molar-refractivity contribution in [2.75, 3.05) is 0 Å². The summed E-state index contributed by atoms with van der Waals surface area (Å²) in [5.41, 5.74) is 12.7. The largest absolute Gasteiger partial charge is 0.311 e. The Hall–Kier alpha value is -6.66. The van der Waals surface area contributed by atoms with E-state index >= 15 is 0 Å². The number of hydrogen-bond donors (Lipinski definition) is 0. The van der Waals surface area contributed by atoms with E-state index in [1.54, 1.807) is 0 Å². The Bertz CT molecular complexity index is 2710.